The fraction of sp³-hybridized carbons (Fsp3) is 0.360. The molecule has 34 heavy (non-hydrogen) atoms. The Morgan fingerprint density at radius 1 is 1.06 bits per heavy atom. The van der Waals surface area contributed by atoms with Crippen LogP contribution < -0.4 is 10.2 Å². The standard InChI is InChI=1S/C25H29N7O2/c1-25(2,3)32-16-20(15-28-32)24(33)26-14-18-4-6-19(7-5-18)23-21-8-9-27-31(21)17-22(29-23)30-10-12-34-13-11-30/h4-9,15-17H,10-14H2,1-3H3,(H,26,33). The Morgan fingerprint density at radius 3 is 2.53 bits per heavy atom. The number of morpholine rings is 1. The SMILES string of the molecule is CC(C)(C)n1cc(C(=O)NCc2ccc(-c3nc(N4CCOCC4)cn4nccc34)cc2)cn1. The van der Waals surface area contributed by atoms with Crippen molar-refractivity contribution in [1.82, 2.24) is 29.7 Å². The van der Waals surface area contributed by atoms with E-state index in [1.165, 1.54) is 0 Å². The number of ether oxygens (including phenoxy) is 1. The van der Waals surface area contributed by atoms with Crippen LogP contribution in [0.25, 0.3) is 16.8 Å². The summed E-state index contributed by atoms with van der Waals surface area (Å²) in [5.74, 6) is 0.752. The number of carbonyl (C=O) groups is 1. The largest absolute Gasteiger partial charge is 0.378 e. The van der Waals surface area contributed by atoms with Gasteiger partial charge in [0.05, 0.1) is 54.1 Å². The van der Waals surface area contributed by atoms with Crippen molar-refractivity contribution in [3.8, 4) is 11.3 Å². The average molecular weight is 460 g/mol. The van der Waals surface area contributed by atoms with E-state index in [-0.39, 0.29) is 11.4 Å². The summed E-state index contributed by atoms with van der Waals surface area (Å²) in [7, 11) is 0. The molecule has 4 heterocycles. The van der Waals surface area contributed by atoms with Crippen LogP contribution in [0.4, 0.5) is 5.82 Å². The van der Waals surface area contributed by atoms with E-state index >= 15 is 0 Å². The summed E-state index contributed by atoms with van der Waals surface area (Å²) in [4.78, 5) is 19.7. The molecule has 1 aromatic carbocycles. The van der Waals surface area contributed by atoms with Crippen LogP contribution in [0, 0.1) is 0 Å². The molecule has 176 valence electrons. The minimum atomic E-state index is -0.164. The molecule has 9 nitrogen and oxygen atoms in total. The molecule has 0 saturated carbocycles. The van der Waals surface area contributed by atoms with Crippen LogP contribution in [0.3, 0.4) is 0 Å². The zero-order chi connectivity index (χ0) is 23.7. The van der Waals surface area contributed by atoms with Crippen LogP contribution in [0.5, 0.6) is 0 Å². The fourth-order valence-corrected chi connectivity index (χ4v) is 3.94. The van der Waals surface area contributed by atoms with Crippen molar-refractivity contribution in [1.29, 1.82) is 0 Å². The van der Waals surface area contributed by atoms with E-state index in [1.54, 1.807) is 23.3 Å². The lowest BCUT2D eigenvalue weighted by molar-refractivity contribution is 0.0950. The van der Waals surface area contributed by atoms with Gasteiger partial charge in [0.2, 0.25) is 0 Å². The van der Waals surface area contributed by atoms with Gasteiger partial charge < -0.3 is 15.0 Å². The highest BCUT2D eigenvalue weighted by Gasteiger charge is 2.18. The van der Waals surface area contributed by atoms with Crippen LogP contribution >= 0.6 is 0 Å². The second-order valence-electron chi connectivity index (χ2n) is 9.43. The number of hydrogen-bond donors (Lipinski definition) is 1. The Hall–Kier alpha value is -3.72. The van der Waals surface area contributed by atoms with Crippen molar-refractivity contribution < 1.29 is 9.53 Å². The summed E-state index contributed by atoms with van der Waals surface area (Å²) in [6.45, 7) is 9.60. The molecule has 1 aliphatic heterocycles. The molecule has 1 amide bonds. The second kappa shape index (κ2) is 8.90. The molecule has 1 fully saturated rings. The van der Waals surface area contributed by atoms with E-state index in [9.17, 15) is 4.79 Å². The van der Waals surface area contributed by atoms with E-state index in [1.807, 2.05) is 61.8 Å². The van der Waals surface area contributed by atoms with E-state index in [4.69, 9.17) is 9.72 Å². The highest BCUT2D eigenvalue weighted by molar-refractivity contribution is 5.93. The van der Waals surface area contributed by atoms with Gasteiger partial charge in [-0.25, -0.2) is 9.50 Å². The molecule has 0 spiro atoms. The van der Waals surface area contributed by atoms with Crippen LogP contribution in [-0.2, 0) is 16.8 Å². The number of nitrogens with zero attached hydrogens (tertiary/aromatic N) is 6. The molecule has 0 atom stereocenters. The summed E-state index contributed by atoms with van der Waals surface area (Å²) in [6, 6.07) is 10.1. The summed E-state index contributed by atoms with van der Waals surface area (Å²) >= 11 is 0. The van der Waals surface area contributed by atoms with E-state index < -0.39 is 0 Å². The van der Waals surface area contributed by atoms with Crippen LogP contribution in [-0.4, -0.2) is 56.6 Å². The second-order valence-corrected chi connectivity index (χ2v) is 9.43. The highest BCUT2D eigenvalue weighted by atomic mass is 16.5. The molecule has 4 aromatic rings. The van der Waals surface area contributed by atoms with Crippen LogP contribution in [0.2, 0.25) is 0 Å². The summed E-state index contributed by atoms with van der Waals surface area (Å²) in [6.07, 6.45) is 7.14. The summed E-state index contributed by atoms with van der Waals surface area (Å²) in [5, 5.41) is 11.7. The molecule has 5 rings (SSSR count). The van der Waals surface area contributed by atoms with Gasteiger partial charge in [0, 0.05) is 31.4 Å². The number of anilines is 1. The Bertz CT molecular complexity index is 1300. The van der Waals surface area contributed by atoms with Crippen molar-refractivity contribution in [2.45, 2.75) is 32.9 Å². The van der Waals surface area contributed by atoms with Gasteiger partial charge >= 0.3 is 0 Å². The van der Waals surface area contributed by atoms with Gasteiger partial charge in [-0.3, -0.25) is 9.48 Å². The van der Waals surface area contributed by atoms with Crippen molar-refractivity contribution in [2.75, 3.05) is 31.2 Å². The molecular weight excluding hydrogens is 430 g/mol. The first-order chi connectivity index (χ1) is 16.4. The molecular formula is C25H29N7O2. The first-order valence-corrected chi connectivity index (χ1v) is 11.5. The number of aromatic nitrogens is 5. The maximum absolute atomic E-state index is 12.6. The minimum Gasteiger partial charge on any atom is -0.378 e. The van der Waals surface area contributed by atoms with Gasteiger partial charge in [-0.05, 0) is 32.4 Å². The van der Waals surface area contributed by atoms with Gasteiger partial charge in [-0.2, -0.15) is 10.2 Å². The number of hydrogen-bond acceptors (Lipinski definition) is 6. The number of fused-ring (bicyclic) bond motifs is 1. The Morgan fingerprint density at radius 2 is 1.82 bits per heavy atom. The van der Waals surface area contributed by atoms with Crippen LogP contribution in [0.1, 0.15) is 36.7 Å². The minimum absolute atomic E-state index is 0.138. The molecule has 0 radical (unpaired) electrons. The zero-order valence-corrected chi connectivity index (χ0v) is 19.7. The van der Waals surface area contributed by atoms with E-state index in [0.29, 0.717) is 25.3 Å². The fourth-order valence-electron chi connectivity index (χ4n) is 3.94. The normalized spacial score (nSPS) is 14.5. The molecule has 0 aliphatic carbocycles. The van der Waals surface area contributed by atoms with E-state index in [2.05, 4.69) is 20.4 Å². The Labute approximate surface area is 198 Å². The number of nitrogens with one attached hydrogen (secondary N) is 1. The van der Waals surface area contributed by atoms with Gasteiger partial charge in [-0.15, -0.1) is 0 Å². The quantitative estimate of drug-likeness (QED) is 0.493. The third-order valence-electron chi connectivity index (χ3n) is 5.92. The van der Waals surface area contributed by atoms with Gasteiger partial charge in [-0.1, -0.05) is 24.3 Å². The molecule has 9 heteroatoms. The summed E-state index contributed by atoms with van der Waals surface area (Å²) in [5.41, 5.74) is 4.23. The van der Waals surface area contributed by atoms with Crippen molar-refractivity contribution in [3.05, 3.63) is 66.2 Å². The average Bonchev–Trinajstić information content (AvgIpc) is 3.53. The number of amides is 1. The highest BCUT2D eigenvalue weighted by Crippen LogP contribution is 2.26. The maximum atomic E-state index is 12.6. The molecule has 0 bridgehead atoms. The number of benzene rings is 1. The molecule has 3 aromatic heterocycles. The maximum Gasteiger partial charge on any atom is 0.254 e. The lowest BCUT2D eigenvalue weighted by Crippen LogP contribution is -2.37. The lowest BCUT2D eigenvalue weighted by atomic mass is 10.1. The topological polar surface area (TPSA) is 89.6 Å². The Balaban J connectivity index is 1.32. The predicted octanol–water partition coefficient (Wildman–Crippen LogP) is 3.11. The van der Waals surface area contributed by atoms with Gasteiger partial charge in [0.1, 0.15) is 5.82 Å². The van der Waals surface area contributed by atoms with Gasteiger partial charge in [0.15, 0.2) is 0 Å². The number of carbonyl (C=O) groups excluding carboxylic acids is 1. The van der Waals surface area contributed by atoms with Crippen molar-refractivity contribution in [3.63, 3.8) is 0 Å². The third kappa shape index (κ3) is 4.51. The smallest absolute Gasteiger partial charge is 0.254 e. The monoisotopic (exact) mass is 459 g/mol. The zero-order valence-electron chi connectivity index (χ0n) is 19.7. The van der Waals surface area contributed by atoms with Crippen molar-refractivity contribution >= 4 is 17.2 Å². The van der Waals surface area contributed by atoms with Crippen molar-refractivity contribution in [2.24, 2.45) is 0 Å². The molecule has 0 unspecified atom stereocenters. The number of rotatable bonds is 5. The first kappa shape index (κ1) is 22.1. The first-order valence-electron chi connectivity index (χ1n) is 11.5. The molecule has 1 saturated heterocycles. The van der Waals surface area contributed by atoms with Crippen LogP contribution in [0.15, 0.2) is 55.1 Å². The third-order valence-corrected chi connectivity index (χ3v) is 5.92. The lowest BCUT2D eigenvalue weighted by Gasteiger charge is -2.28. The summed E-state index contributed by atoms with van der Waals surface area (Å²) < 4.78 is 9.15. The van der Waals surface area contributed by atoms with Gasteiger partial charge in [0.25, 0.3) is 5.91 Å². The van der Waals surface area contributed by atoms with E-state index in [0.717, 1.165) is 41.2 Å². The molecule has 1 N–H and O–H groups in total. The Kier molecular flexibility index (Phi) is 5.79. The molecule has 1 aliphatic rings. The predicted molar refractivity (Wildman–Crippen MR) is 130 cm³/mol.